The number of hydrogen-bond donors (Lipinski definition) is 0. The standard InChI is InChI=1S/C19H16ClNO5S/c1-24-10-19(9-21)17(12-2-7-15-16(8-12)26-11-25-15)18(19)27(22,23)14-5-3-13(20)4-6-14/h2-8,17-18H,10-11H2,1H3/t17-,18-,19-/m1/s1. The lowest BCUT2D eigenvalue weighted by Gasteiger charge is -2.08. The molecule has 1 heterocycles. The predicted molar refractivity (Wildman–Crippen MR) is 97.7 cm³/mol. The quantitative estimate of drug-likeness (QED) is 0.759. The Morgan fingerprint density at radius 2 is 1.93 bits per heavy atom. The Morgan fingerprint density at radius 1 is 1.22 bits per heavy atom. The molecule has 3 atom stereocenters. The Morgan fingerprint density at radius 3 is 2.59 bits per heavy atom. The highest BCUT2D eigenvalue weighted by molar-refractivity contribution is 7.92. The molecule has 1 aliphatic heterocycles. The summed E-state index contributed by atoms with van der Waals surface area (Å²) in [6.07, 6.45) is 0. The molecular weight excluding hydrogens is 390 g/mol. The van der Waals surface area contributed by atoms with Crippen molar-refractivity contribution >= 4 is 21.4 Å². The molecule has 1 saturated carbocycles. The van der Waals surface area contributed by atoms with Gasteiger partial charge in [0.25, 0.3) is 0 Å². The predicted octanol–water partition coefficient (Wildman–Crippen LogP) is 3.16. The van der Waals surface area contributed by atoms with Crippen LogP contribution >= 0.6 is 11.6 Å². The fraction of sp³-hybridized carbons (Fsp3) is 0.316. The van der Waals surface area contributed by atoms with E-state index in [-0.39, 0.29) is 18.3 Å². The summed E-state index contributed by atoms with van der Waals surface area (Å²) in [6, 6.07) is 13.4. The Bertz CT molecular complexity index is 1030. The maximum Gasteiger partial charge on any atom is 0.231 e. The lowest BCUT2D eigenvalue weighted by molar-refractivity contribution is 0.162. The van der Waals surface area contributed by atoms with Gasteiger partial charge in [-0.3, -0.25) is 0 Å². The molecule has 1 fully saturated rings. The summed E-state index contributed by atoms with van der Waals surface area (Å²) in [7, 11) is -2.31. The summed E-state index contributed by atoms with van der Waals surface area (Å²) >= 11 is 5.88. The van der Waals surface area contributed by atoms with Gasteiger partial charge < -0.3 is 14.2 Å². The minimum Gasteiger partial charge on any atom is -0.454 e. The van der Waals surface area contributed by atoms with Gasteiger partial charge in [0, 0.05) is 18.1 Å². The van der Waals surface area contributed by atoms with Gasteiger partial charge in [-0.25, -0.2) is 8.42 Å². The molecule has 2 aromatic carbocycles. The van der Waals surface area contributed by atoms with Crippen molar-refractivity contribution in [1.82, 2.24) is 0 Å². The molecule has 8 heteroatoms. The molecule has 0 aromatic heterocycles. The van der Waals surface area contributed by atoms with Gasteiger partial charge in [-0.2, -0.15) is 5.26 Å². The largest absolute Gasteiger partial charge is 0.454 e. The molecule has 140 valence electrons. The van der Waals surface area contributed by atoms with E-state index < -0.39 is 26.4 Å². The molecule has 27 heavy (non-hydrogen) atoms. The molecule has 4 rings (SSSR count). The zero-order valence-corrected chi connectivity index (χ0v) is 16.0. The van der Waals surface area contributed by atoms with Crippen LogP contribution in [-0.4, -0.2) is 34.2 Å². The van der Waals surface area contributed by atoms with E-state index >= 15 is 0 Å². The van der Waals surface area contributed by atoms with Crippen LogP contribution in [0, 0.1) is 16.7 Å². The first kappa shape index (κ1) is 18.1. The Labute approximate surface area is 162 Å². The monoisotopic (exact) mass is 405 g/mol. The van der Waals surface area contributed by atoms with Crippen molar-refractivity contribution in [2.24, 2.45) is 5.41 Å². The summed E-state index contributed by atoms with van der Waals surface area (Å²) in [6.45, 7) is 0.136. The molecular formula is C19H16ClNO5S. The van der Waals surface area contributed by atoms with E-state index in [0.29, 0.717) is 22.1 Å². The Hall–Kier alpha value is -2.27. The highest BCUT2D eigenvalue weighted by Gasteiger charge is 2.72. The third kappa shape index (κ3) is 2.76. The van der Waals surface area contributed by atoms with E-state index in [2.05, 4.69) is 6.07 Å². The highest BCUT2D eigenvalue weighted by atomic mass is 35.5. The van der Waals surface area contributed by atoms with Crippen molar-refractivity contribution in [3.8, 4) is 17.6 Å². The molecule has 0 saturated heterocycles. The number of nitrogens with zero attached hydrogens (tertiary/aromatic N) is 1. The van der Waals surface area contributed by atoms with E-state index in [9.17, 15) is 13.7 Å². The molecule has 0 radical (unpaired) electrons. The summed E-state index contributed by atoms with van der Waals surface area (Å²) in [5.41, 5.74) is -0.457. The summed E-state index contributed by atoms with van der Waals surface area (Å²) < 4.78 is 42.5. The number of nitriles is 1. The van der Waals surface area contributed by atoms with Crippen molar-refractivity contribution in [2.75, 3.05) is 20.5 Å². The number of sulfone groups is 1. The van der Waals surface area contributed by atoms with Gasteiger partial charge in [0.15, 0.2) is 21.3 Å². The van der Waals surface area contributed by atoms with Crippen LogP contribution in [0.3, 0.4) is 0 Å². The average molecular weight is 406 g/mol. The van der Waals surface area contributed by atoms with Crippen LogP contribution in [0.5, 0.6) is 11.5 Å². The Balaban J connectivity index is 1.78. The topological polar surface area (TPSA) is 85.6 Å². The third-order valence-corrected chi connectivity index (χ3v) is 7.62. The number of methoxy groups -OCH3 is 1. The van der Waals surface area contributed by atoms with E-state index in [1.54, 1.807) is 18.2 Å². The maximum atomic E-state index is 13.3. The fourth-order valence-corrected chi connectivity index (χ4v) is 6.22. The third-order valence-electron chi connectivity index (χ3n) is 5.08. The normalized spacial score (nSPS) is 25.8. The molecule has 1 aliphatic carbocycles. The van der Waals surface area contributed by atoms with Crippen LogP contribution in [-0.2, 0) is 14.6 Å². The van der Waals surface area contributed by atoms with Crippen LogP contribution in [0.1, 0.15) is 11.5 Å². The van der Waals surface area contributed by atoms with Crippen LogP contribution in [0.4, 0.5) is 0 Å². The van der Waals surface area contributed by atoms with E-state index in [1.165, 1.54) is 31.4 Å². The van der Waals surface area contributed by atoms with Crippen molar-refractivity contribution in [3.05, 3.63) is 53.1 Å². The second-order valence-corrected chi connectivity index (χ2v) is 9.10. The van der Waals surface area contributed by atoms with Crippen LogP contribution in [0.25, 0.3) is 0 Å². The zero-order chi connectivity index (χ0) is 19.2. The first-order valence-electron chi connectivity index (χ1n) is 8.23. The number of rotatable bonds is 5. The number of hydrogen-bond acceptors (Lipinski definition) is 6. The maximum absolute atomic E-state index is 13.3. The molecule has 0 unspecified atom stereocenters. The number of halogens is 1. The number of ether oxygens (including phenoxy) is 3. The van der Waals surface area contributed by atoms with Crippen LogP contribution in [0.15, 0.2) is 47.4 Å². The van der Waals surface area contributed by atoms with Crippen molar-refractivity contribution < 1.29 is 22.6 Å². The zero-order valence-electron chi connectivity index (χ0n) is 14.4. The van der Waals surface area contributed by atoms with Gasteiger partial charge in [0.05, 0.1) is 22.8 Å². The molecule has 0 bridgehead atoms. The van der Waals surface area contributed by atoms with Crippen LogP contribution in [0.2, 0.25) is 5.02 Å². The van der Waals surface area contributed by atoms with Crippen molar-refractivity contribution in [2.45, 2.75) is 16.1 Å². The molecule has 2 aliphatic rings. The minimum atomic E-state index is -3.77. The van der Waals surface area contributed by atoms with E-state index in [0.717, 1.165) is 0 Å². The lowest BCUT2D eigenvalue weighted by atomic mass is 10.0. The molecule has 2 aromatic rings. The highest BCUT2D eigenvalue weighted by Crippen LogP contribution is 2.64. The second kappa shape index (κ2) is 6.41. The molecule has 0 N–H and O–H groups in total. The Kier molecular flexibility index (Phi) is 4.30. The SMILES string of the molecule is COC[C@]1(C#N)[C@H](c2ccc3c(c2)OCO3)[C@H]1S(=O)(=O)c1ccc(Cl)cc1. The first-order chi connectivity index (χ1) is 12.9. The van der Waals surface area contributed by atoms with Gasteiger partial charge >= 0.3 is 0 Å². The van der Waals surface area contributed by atoms with Crippen LogP contribution < -0.4 is 9.47 Å². The van der Waals surface area contributed by atoms with Gasteiger partial charge in [-0.1, -0.05) is 17.7 Å². The molecule has 0 spiro atoms. The number of benzene rings is 2. The molecule has 6 nitrogen and oxygen atoms in total. The van der Waals surface area contributed by atoms with Gasteiger partial charge in [0.1, 0.15) is 5.41 Å². The van der Waals surface area contributed by atoms with Crippen molar-refractivity contribution in [1.29, 1.82) is 5.26 Å². The summed E-state index contributed by atoms with van der Waals surface area (Å²) in [5, 5.41) is 9.39. The lowest BCUT2D eigenvalue weighted by Crippen LogP contribution is -2.19. The van der Waals surface area contributed by atoms with Crippen molar-refractivity contribution in [3.63, 3.8) is 0 Å². The number of fused-ring (bicyclic) bond motifs is 1. The summed E-state index contributed by atoms with van der Waals surface area (Å²) in [5.74, 6) is 0.620. The summed E-state index contributed by atoms with van der Waals surface area (Å²) in [4.78, 5) is 0.135. The molecule has 0 amide bonds. The van der Waals surface area contributed by atoms with E-state index in [1.807, 2.05) is 0 Å². The van der Waals surface area contributed by atoms with Gasteiger partial charge in [0.2, 0.25) is 6.79 Å². The van der Waals surface area contributed by atoms with Gasteiger partial charge in [-0.15, -0.1) is 0 Å². The van der Waals surface area contributed by atoms with Gasteiger partial charge in [-0.05, 0) is 42.0 Å². The second-order valence-electron chi connectivity index (χ2n) is 6.60. The fourth-order valence-electron chi connectivity index (χ4n) is 3.79. The first-order valence-corrected chi connectivity index (χ1v) is 10.2. The minimum absolute atomic E-state index is 0.0140. The average Bonchev–Trinajstić information content (AvgIpc) is 3.10. The van der Waals surface area contributed by atoms with E-state index in [4.69, 9.17) is 25.8 Å². The smallest absolute Gasteiger partial charge is 0.231 e.